The summed E-state index contributed by atoms with van der Waals surface area (Å²) in [5, 5.41) is 9.27. The summed E-state index contributed by atoms with van der Waals surface area (Å²) >= 11 is 0. The molecule has 0 radical (unpaired) electrons. The Hall–Kier alpha value is -1.49. The van der Waals surface area contributed by atoms with Crippen molar-refractivity contribution in [2.45, 2.75) is 40.0 Å². The zero-order chi connectivity index (χ0) is 13.2. The molecular formula is C16H22N2. The fourth-order valence-corrected chi connectivity index (χ4v) is 3.12. The zero-order valence-electron chi connectivity index (χ0n) is 11.7. The number of benzene rings is 1. The molecule has 0 N–H and O–H groups in total. The molecule has 0 unspecified atom stereocenters. The van der Waals surface area contributed by atoms with Crippen molar-refractivity contribution in [2.24, 2.45) is 5.41 Å². The van der Waals surface area contributed by atoms with Gasteiger partial charge in [0.05, 0.1) is 11.3 Å². The molecule has 1 aliphatic rings. The number of aryl methyl sites for hydroxylation is 1. The van der Waals surface area contributed by atoms with Gasteiger partial charge in [-0.2, -0.15) is 5.26 Å². The van der Waals surface area contributed by atoms with Crippen LogP contribution in [0, 0.1) is 23.7 Å². The molecule has 0 spiro atoms. The first kappa shape index (κ1) is 13.0. The lowest BCUT2D eigenvalue weighted by Crippen LogP contribution is -2.27. The molecule has 0 aliphatic carbocycles. The fourth-order valence-electron chi connectivity index (χ4n) is 3.12. The second kappa shape index (κ2) is 5.02. The molecule has 2 nitrogen and oxygen atoms in total. The van der Waals surface area contributed by atoms with Crippen molar-refractivity contribution in [2.75, 3.05) is 18.0 Å². The predicted octanol–water partition coefficient (Wildman–Crippen LogP) is 3.88. The minimum absolute atomic E-state index is 0.453. The number of hydrogen-bond acceptors (Lipinski definition) is 2. The van der Waals surface area contributed by atoms with Gasteiger partial charge in [0.25, 0.3) is 0 Å². The molecule has 0 atom stereocenters. The highest BCUT2D eigenvalue weighted by atomic mass is 15.2. The minimum Gasteiger partial charge on any atom is -0.370 e. The van der Waals surface area contributed by atoms with Crippen molar-refractivity contribution in [3.8, 4) is 6.07 Å². The molecule has 0 aromatic heterocycles. The number of nitriles is 1. The molecule has 1 aromatic carbocycles. The molecule has 0 bridgehead atoms. The molecule has 2 heteroatoms. The van der Waals surface area contributed by atoms with Crippen LogP contribution in [-0.4, -0.2) is 13.1 Å². The van der Waals surface area contributed by atoms with Gasteiger partial charge in [-0.15, -0.1) is 0 Å². The van der Waals surface area contributed by atoms with Crippen LogP contribution in [0.4, 0.5) is 5.69 Å². The first-order chi connectivity index (χ1) is 8.65. The maximum atomic E-state index is 9.27. The molecule has 1 saturated heterocycles. The van der Waals surface area contributed by atoms with Gasteiger partial charge in [0.15, 0.2) is 0 Å². The number of rotatable bonds is 3. The van der Waals surface area contributed by atoms with Crippen LogP contribution in [0.1, 0.15) is 44.2 Å². The lowest BCUT2D eigenvalue weighted by Gasteiger charge is -2.28. The number of anilines is 1. The average molecular weight is 242 g/mol. The molecular weight excluding hydrogens is 220 g/mol. The van der Waals surface area contributed by atoms with Crippen molar-refractivity contribution in [1.29, 1.82) is 5.26 Å². The largest absolute Gasteiger partial charge is 0.370 e. The molecule has 2 rings (SSSR count). The van der Waals surface area contributed by atoms with E-state index in [1.807, 2.05) is 12.1 Å². The van der Waals surface area contributed by atoms with Gasteiger partial charge in [-0.25, -0.2) is 0 Å². The van der Waals surface area contributed by atoms with Crippen molar-refractivity contribution in [3.63, 3.8) is 0 Å². The lowest BCUT2D eigenvalue weighted by molar-refractivity contribution is 0.301. The Labute approximate surface area is 110 Å². The van der Waals surface area contributed by atoms with Crippen LogP contribution >= 0.6 is 0 Å². The third-order valence-electron chi connectivity index (χ3n) is 4.61. The van der Waals surface area contributed by atoms with Gasteiger partial charge in [0.1, 0.15) is 6.07 Å². The van der Waals surface area contributed by atoms with Gasteiger partial charge in [0, 0.05) is 13.1 Å². The molecule has 96 valence electrons. The van der Waals surface area contributed by atoms with E-state index < -0.39 is 0 Å². The summed E-state index contributed by atoms with van der Waals surface area (Å²) in [6.45, 7) is 8.86. The van der Waals surface area contributed by atoms with Crippen LogP contribution in [0.25, 0.3) is 0 Å². The van der Waals surface area contributed by atoms with E-state index in [0.717, 1.165) is 24.3 Å². The maximum absolute atomic E-state index is 9.27. The quantitative estimate of drug-likeness (QED) is 0.804. The van der Waals surface area contributed by atoms with E-state index in [1.165, 1.54) is 24.8 Å². The van der Waals surface area contributed by atoms with Gasteiger partial charge in [-0.05, 0) is 43.2 Å². The Morgan fingerprint density at radius 2 is 2.06 bits per heavy atom. The van der Waals surface area contributed by atoms with E-state index in [0.29, 0.717) is 5.41 Å². The summed E-state index contributed by atoms with van der Waals surface area (Å²) in [4.78, 5) is 2.42. The first-order valence-electron chi connectivity index (χ1n) is 6.90. The van der Waals surface area contributed by atoms with E-state index in [9.17, 15) is 5.26 Å². The Bertz CT molecular complexity index is 466. The van der Waals surface area contributed by atoms with Crippen LogP contribution < -0.4 is 4.90 Å². The summed E-state index contributed by atoms with van der Waals surface area (Å²) in [6, 6.07) is 8.34. The Kier molecular flexibility index (Phi) is 3.61. The fraction of sp³-hybridized carbons (Fsp3) is 0.562. The maximum Gasteiger partial charge on any atom is 0.101 e. The predicted molar refractivity (Wildman–Crippen MR) is 75.7 cm³/mol. The van der Waals surface area contributed by atoms with E-state index in [-0.39, 0.29) is 0 Å². The van der Waals surface area contributed by atoms with E-state index in [2.05, 4.69) is 37.8 Å². The summed E-state index contributed by atoms with van der Waals surface area (Å²) in [6.07, 6.45) is 3.71. The summed E-state index contributed by atoms with van der Waals surface area (Å²) in [7, 11) is 0. The summed E-state index contributed by atoms with van der Waals surface area (Å²) in [5.41, 5.74) is 3.65. The van der Waals surface area contributed by atoms with Crippen molar-refractivity contribution >= 4 is 5.69 Å². The Morgan fingerprint density at radius 3 is 2.61 bits per heavy atom. The molecule has 1 heterocycles. The highest BCUT2D eigenvalue weighted by molar-refractivity contribution is 5.64. The molecule has 1 aliphatic heterocycles. The number of para-hydroxylation sites is 1. The third-order valence-corrected chi connectivity index (χ3v) is 4.61. The van der Waals surface area contributed by atoms with E-state index >= 15 is 0 Å². The van der Waals surface area contributed by atoms with Crippen molar-refractivity contribution in [1.82, 2.24) is 0 Å². The monoisotopic (exact) mass is 242 g/mol. The SMILES string of the molecule is CCC1(CC)CCN(c2c(C)cccc2C#N)C1. The molecule has 1 fully saturated rings. The molecule has 0 amide bonds. The van der Waals surface area contributed by atoms with Crippen LogP contribution in [0.5, 0.6) is 0 Å². The van der Waals surface area contributed by atoms with Gasteiger partial charge < -0.3 is 4.90 Å². The summed E-state index contributed by atoms with van der Waals surface area (Å²) < 4.78 is 0. The molecule has 18 heavy (non-hydrogen) atoms. The number of nitrogens with zero attached hydrogens (tertiary/aromatic N) is 2. The lowest BCUT2D eigenvalue weighted by atomic mass is 9.82. The van der Waals surface area contributed by atoms with Gasteiger partial charge in [-0.3, -0.25) is 0 Å². The minimum atomic E-state index is 0.453. The standard InChI is InChI=1S/C16H22N2/c1-4-16(5-2)9-10-18(12-16)15-13(3)7-6-8-14(15)11-17/h6-8H,4-5,9-10,12H2,1-3H3. The molecule has 0 saturated carbocycles. The van der Waals surface area contributed by atoms with Crippen LogP contribution in [0.15, 0.2) is 18.2 Å². The highest BCUT2D eigenvalue weighted by Crippen LogP contribution is 2.40. The summed E-state index contributed by atoms with van der Waals surface area (Å²) in [5.74, 6) is 0. The second-order valence-electron chi connectivity index (χ2n) is 5.46. The van der Waals surface area contributed by atoms with Crippen LogP contribution in [-0.2, 0) is 0 Å². The van der Waals surface area contributed by atoms with E-state index in [1.54, 1.807) is 0 Å². The average Bonchev–Trinajstić information content (AvgIpc) is 2.83. The van der Waals surface area contributed by atoms with Crippen LogP contribution in [0.3, 0.4) is 0 Å². The highest BCUT2D eigenvalue weighted by Gasteiger charge is 2.35. The molecule has 1 aromatic rings. The Balaban J connectivity index is 2.33. The Morgan fingerprint density at radius 1 is 1.33 bits per heavy atom. The van der Waals surface area contributed by atoms with Gasteiger partial charge >= 0.3 is 0 Å². The normalized spacial score (nSPS) is 17.8. The van der Waals surface area contributed by atoms with Crippen LogP contribution in [0.2, 0.25) is 0 Å². The van der Waals surface area contributed by atoms with E-state index in [4.69, 9.17) is 0 Å². The topological polar surface area (TPSA) is 27.0 Å². The zero-order valence-corrected chi connectivity index (χ0v) is 11.7. The van der Waals surface area contributed by atoms with Crippen molar-refractivity contribution in [3.05, 3.63) is 29.3 Å². The van der Waals surface area contributed by atoms with Crippen molar-refractivity contribution < 1.29 is 0 Å². The van der Waals surface area contributed by atoms with Gasteiger partial charge in [-0.1, -0.05) is 26.0 Å². The smallest absolute Gasteiger partial charge is 0.101 e. The second-order valence-corrected chi connectivity index (χ2v) is 5.46. The number of hydrogen-bond donors (Lipinski definition) is 0. The third kappa shape index (κ3) is 2.10. The van der Waals surface area contributed by atoms with Gasteiger partial charge in [0.2, 0.25) is 0 Å². The first-order valence-corrected chi connectivity index (χ1v) is 6.90.